The van der Waals surface area contributed by atoms with E-state index in [0.717, 1.165) is 5.30 Å². The zero-order chi connectivity index (χ0) is 5.82. The van der Waals surface area contributed by atoms with Crippen LogP contribution < -0.4 is 5.30 Å². The van der Waals surface area contributed by atoms with Gasteiger partial charge in [-0.25, -0.2) is 0 Å². The van der Waals surface area contributed by atoms with Crippen LogP contribution >= 0.6 is 18.4 Å². The van der Waals surface area contributed by atoms with Crippen molar-refractivity contribution >= 4 is 23.7 Å². The zero-order valence-corrected chi connectivity index (χ0v) is 7.42. The predicted octanol–water partition coefficient (Wildman–Crippen LogP) is 1.39. The normalized spacial score (nSPS) is 8.44. The fraction of sp³-hybridized carbons (Fsp3) is 0. The van der Waals surface area contributed by atoms with E-state index in [2.05, 4.69) is 0 Å². The molecule has 0 radical (unpaired) electrons. The third-order valence-corrected chi connectivity index (χ3v) is 1.46. The van der Waals surface area contributed by atoms with Crippen LogP contribution in [0.5, 0.6) is 0 Å². The molecule has 3 heteroatoms. The minimum absolute atomic E-state index is 0. The molecule has 0 fully saturated rings. The van der Waals surface area contributed by atoms with Crippen LogP contribution in [-0.4, -0.2) is 0 Å². The Morgan fingerprint density at radius 2 is 1.67 bits per heavy atom. The van der Waals surface area contributed by atoms with E-state index in [-0.39, 0.29) is 18.4 Å². The van der Waals surface area contributed by atoms with Gasteiger partial charge in [0.2, 0.25) is 0 Å². The highest BCUT2D eigenvalue weighted by molar-refractivity contribution is 7.34. The molecule has 48 valence electrons. The Hall–Kier alpha value is -0.250. The van der Waals surface area contributed by atoms with Gasteiger partial charge in [-0.05, 0) is 12.1 Å². The maximum Gasteiger partial charge on any atom is 0.363 e. The molecular weight excluding hydrogens is 150 g/mol. The van der Waals surface area contributed by atoms with E-state index in [1.165, 1.54) is 0 Å². The lowest BCUT2D eigenvalue weighted by atomic mass is 10.4. The third kappa shape index (κ3) is 2.70. The molecule has 0 spiro atoms. The van der Waals surface area contributed by atoms with Crippen LogP contribution in [0.3, 0.4) is 0 Å². The maximum absolute atomic E-state index is 10.2. The van der Waals surface area contributed by atoms with Crippen molar-refractivity contribution in [2.45, 2.75) is 0 Å². The topological polar surface area (TPSA) is 17.1 Å². The van der Waals surface area contributed by atoms with E-state index in [0.29, 0.717) is 0 Å². The second-order valence-corrected chi connectivity index (χ2v) is 2.25. The summed E-state index contributed by atoms with van der Waals surface area (Å²) < 4.78 is 10.2. The molecule has 2 atom stereocenters. The van der Waals surface area contributed by atoms with E-state index in [4.69, 9.17) is 0 Å². The Balaban J connectivity index is 0.000000640. The minimum Gasteiger partial charge on any atom is -0.153 e. The second kappa shape index (κ2) is 4.61. The number of hydrogen-bond acceptors (Lipinski definition) is 1. The monoisotopic (exact) mass is 159 g/mol. The Kier molecular flexibility index (Phi) is 4.48. The first-order valence-corrected chi connectivity index (χ1v) is 3.27. The fourth-order valence-electron chi connectivity index (χ4n) is 0.506. The van der Waals surface area contributed by atoms with Crippen molar-refractivity contribution in [3.05, 3.63) is 30.3 Å². The summed E-state index contributed by atoms with van der Waals surface area (Å²) in [5, 5.41) is 0.882. The van der Waals surface area contributed by atoms with E-state index < -0.39 is 0 Å². The summed E-state index contributed by atoms with van der Waals surface area (Å²) >= 11 is 0. The van der Waals surface area contributed by atoms with Gasteiger partial charge in [0.05, 0.1) is 0 Å². The van der Waals surface area contributed by atoms with Crippen molar-refractivity contribution < 1.29 is 4.57 Å². The molecular formula is C6H9OP2+. The molecule has 0 aromatic heterocycles. The standard InChI is InChI=1S/C6H5OP.H3P/c7-8-6-4-2-1-3-5-6;/h1-5H;1H3/p+1. The lowest BCUT2D eigenvalue weighted by molar-refractivity contribution is 0.603. The highest BCUT2D eigenvalue weighted by Crippen LogP contribution is 1.92. The van der Waals surface area contributed by atoms with Gasteiger partial charge in [0.1, 0.15) is 0 Å². The molecule has 0 aliphatic heterocycles. The average Bonchev–Trinajstić information content (AvgIpc) is 1.90. The van der Waals surface area contributed by atoms with Crippen molar-refractivity contribution in [3.8, 4) is 0 Å². The first-order valence-electron chi connectivity index (χ1n) is 2.36. The summed E-state index contributed by atoms with van der Waals surface area (Å²) in [5.41, 5.74) is 0. The lowest BCUT2D eigenvalue weighted by Gasteiger charge is -1.74. The molecule has 1 rings (SSSR count). The van der Waals surface area contributed by atoms with Gasteiger partial charge < -0.3 is 0 Å². The van der Waals surface area contributed by atoms with Crippen molar-refractivity contribution in [3.63, 3.8) is 0 Å². The predicted molar refractivity (Wildman–Crippen MR) is 46.2 cm³/mol. The average molecular weight is 159 g/mol. The maximum atomic E-state index is 10.2. The second-order valence-electron chi connectivity index (χ2n) is 1.47. The van der Waals surface area contributed by atoms with Gasteiger partial charge in [-0.3, -0.25) is 0 Å². The Morgan fingerprint density at radius 3 is 2.00 bits per heavy atom. The highest BCUT2D eigenvalue weighted by Gasteiger charge is 1.91. The van der Waals surface area contributed by atoms with Crippen LogP contribution in [0.15, 0.2) is 30.3 Å². The van der Waals surface area contributed by atoms with E-state index in [1.54, 1.807) is 0 Å². The lowest BCUT2D eigenvalue weighted by Crippen LogP contribution is -1.84. The van der Waals surface area contributed by atoms with Crippen molar-refractivity contribution in [2.75, 3.05) is 0 Å². The Morgan fingerprint density at radius 1 is 1.11 bits per heavy atom. The number of benzene rings is 1. The summed E-state index contributed by atoms with van der Waals surface area (Å²) in [4.78, 5) is 0. The largest absolute Gasteiger partial charge is 0.363 e. The van der Waals surface area contributed by atoms with Gasteiger partial charge >= 0.3 is 8.46 Å². The summed E-state index contributed by atoms with van der Waals surface area (Å²) in [5.74, 6) is 0. The Bertz CT molecular complexity index is 174. The van der Waals surface area contributed by atoms with Crippen molar-refractivity contribution in [2.24, 2.45) is 0 Å². The van der Waals surface area contributed by atoms with Gasteiger partial charge in [-0.2, -0.15) is 9.90 Å². The molecule has 0 aliphatic carbocycles. The fourth-order valence-corrected chi connectivity index (χ4v) is 0.835. The SMILES string of the molecule is O=[PH+]c1ccccc1.P. The Labute approximate surface area is 59.3 Å². The third-order valence-electron chi connectivity index (χ3n) is 0.892. The molecule has 0 aliphatic rings. The summed E-state index contributed by atoms with van der Waals surface area (Å²) in [6, 6.07) is 9.33. The van der Waals surface area contributed by atoms with Crippen LogP contribution in [0.2, 0.25) is 0 Å². The van der Waals surface area contributed by atoms with Crippen LogP contribution in [-0.2, 0) is 4.57 Å². The van der Waals surface area contributed by atoms with Gasteiger partial charge in [-0.15, -0.1) is 0 Å². The molecule has 1 nitrogen and oxygen atoms in total. The quantitative estimate of drug-likeness (QED) is 0.566. The molecule has 0 amide bonds. The molecule has 0 saturated carbocycles. The van der Waals surface area contributed by atoms with E-state index >= 15 is 0 Å². The van der Waals surface area contributed by atoms with Gasteiger partial charge in [-0.1, -0.05) is 22.8 Å². The highest BCUT2D eigenvalue weighted by atomic mass is 31.1. The molecule has 0 bridgehead atoms. The van der Waals surface area contributed by atoms with Crippen molar-refractivity contribution in [1.29, 1.82) is 0 Å². The smallest absolute Gasteiger partial charge is 0.153 e. The number of rotatable bonds is 1. The molecule has 0 N–H and O–H groups in total. The minimum atomic E-state index is -0.320. The van der Waals surface area contributed by atoms with E-state index in [9.17, 15) is 4.57 Å². The summed E-state index contributed by atoms with van der Waals surface area (Å²) in [6.07, 6.45) is 0. The van der Waals surface area contributed by atoms with Crippen LogP contribution in [0.25, 0.3) is 0 Å². The van der Waals surface area contributed by atoms with Gasteiger partial charge in [0, 0.05) is 0 Å². The van der Waals surface area contributed by atoms with Gasteiger partial charge in [0.15, 0.2) is 5.30 Å². The van der Waals surface area contributed by atoms with Gasteiger partial charge in [0.25, 0.3) is 0 Å². The van der Waals surface area contributed by atoms with Crippen LogP contribution in [0, 0.1) is 0 Å². The zero-order valence-electron chi connectivity index (χ0n) is 5.00. The summed E-state index contributed by atoms with van der Waals surface area (Å²) in [6.45, 7) is 0. The molecule has 1 aromatic carbocycles. The molecule has 0 saturated heterocycles. The first kappa shape index (κ1) is 8.75. The molecule has 9 heavy (non-hydrogen) atoms. The first-order chi connectivity index (χ1) is 3.93. The number of hydrogen-bond donors (Lipinski definition) is 0. The molecule has 2 unspecified atom stereocenters. The van der Waals surface area contributed by atoms with E-state index in [1.807, 2.05) is 30.3 Å². The van der Waals surface area contributed by atoms with Crippen LogP contribution in [0.4, 0.5) is 0 Å². The molecule has 1 aromatic rings. The van der Waals surface area contributed by atoms with Crippen molar-refractivity contribution in [1.82, 2.24) is 0 Å². The molecule has 0 heterocycles. The van der Waals surface area contributed by atoms with Crippen LogP contribution in [0.1, 0.15) is 0 Å². The summed E-state index contributed by atoms with van der Waals surface area (Å²) in [7, 11) is -0.320.